The van der Waals surface area contributed by atoms with Crippen LogP contribution in [0.4, 0.5) is 4.39 Å². The fraction of sp³-hybridized carbons (Fsp3) is 0.480. The van der Waals surface area contributed by atoms with Crippen LogP contribution in [-0.2, 0) is 14.3 Å². The maximum atomic E-state index is 13.4. The lowest BCUT2D eigenvalue weighted by molar-refractivity contribution is -0.143. The lowest BCUT2D eigenvalue weighted by atomic mass is 10.00. The summed E-state index contributed by atoms with van der Waals surface area (Å²) in [6, 6.07) is 16.7. The van der Waals surface area contributed by atoms with Gasteiger partial charge in [0.2, 0.25) is 0 Å². The molecule has 1 aliphatic rings. The van der Waals surface area contributed by atoms with E-state index in [0.29, 0.717) is 13.0 Å². The van der Waals surface area contributed by atoms with Gasteiger partial charge in [-0.2, -0.15) is 0 Å². The van der Waals surface area contributed by atoms with Crippen molar-refractivity contribution in [1.29, 1.82) is 0 Å². The van der Waals surface area contributed by atoms with E-state index in [-0.39, 0.29) is 24.0 Å². The molecule has 1 unspecified atom stereocenters. The Hall–Kier alpha value is -2.24. The van der Waals surface area contributed by atoms with Gasteiger partial charge < -0.3 is 14.4 Å². The number of nitrogens with zero attached hydrogens (tertiary/aromatic N) is 1. The van der Waals surface area contributed by atoms with Crippen LogP contribution in [0.25, 0.3) is 0 Å². The standard InChI is InChI=1S/C25H32FNO3/c1-2-29-24(28)10-6-7-17-27-18-15-23(16-19-27)30-25(20-8-4-3-5-9-20)21-11-13-22(26)14-12-21/h3-5,8-9,11-14,23,25H,2,6-7,10,15-19H2,1H3. The minimum absolute atomic E-state index is 0.0997. The number of esters is 1. The molecule has 0 N–H and O–H groups in total. The zero-order valence-corrected chi connectivity index (χ0v) is 17.8. The van der Waals surface area contributed by atoms with Crippen molar-refractivity contribution in [2.24, 2.45) is 0 Å². The molecule has 162 valence electrons. The van der Waals surface area contributed by atoms with Crippen LogP contribution in [0.1, 0.15) is 56.3 Å². The van der Waals surface area contributed by atoms with Gasteiger partial charge in [-0.05, 0) is 62.4 Å². The largest absolute Gasteiger partial charge is 0.466 e. The van der Waals surface area contributed by atoms with E-state index in [2.05, 4.69) is 17.0 Å². The molecule has 30 heavy (non-hydrogen) atoms. The van der Waals surface area contributed by atoms with Crippen molar-refractivity contribution in [2.75, 3.05) is 26.2 Å². The third kappa shape index (κ3) is 6.92. The molecule has 1 heterocycles. The van der Waals surface area contributed by atoms with Crippen molar-refractivity contribution < 1.29 is 18.7 Å². The monoisotopic (exact) mass is 413 g/mol. The fourth-order valence-electron chi connectivity index (χ4n) is 3.91. The van der Waals surface area contributed by atoms with Gasteiger partial charge in [0.05, 0.1) is 12.7 Å². The van der Waals surface area contributed by atoms with Crippen LogP contribution in [0.3, 0.4) is 0 Å². The summed E-state index contributed by atoms with van der Waals surface area (Å²) in [5, 5.41) is 0. The van der Waals surface area contributed by atoms with Gasteiger partial charge in [0.1, 0.15) is 11.9 Å². The first-order valence-corrected chi connectivity index (χ1v) is 11.0. The highest BCUT2D eigenvalue weighted by molar-refractivity contribution is 5.69. The van der Waals surface area contributed by atoms with Gasteiger partial charge in [0.25, 0.3) is 0 Å². The summed E-state index contributed by atoms with van der Waals surface area (Å²) in [7, 11) is 0. The second-order valence-electron chi connectivity index (χ2n) is 7.78. The molecule has 0 amide bonds. The maximum Gasteiger partial charge on any atom is 0.305 e. The van der Waals surface area contributed by atoms with Crippen molar-refractivity contribution in [3.63, 3.8) is 0 Å². The smallest absolute Gasteiger partial charge is 0.305 e. The molecule has 0 bridgehead atoms. The summed E-state index contributed by atoms with van der Waals surface area (Å²) < 4.78 is 24.9. The highest BCUT2D eigenvalue weighted by atomic mass is 19.1. The van der Waals surface area contributed by atoms with Crippen LogP contribution in [0.2, 0.25) is 0 Å². The fourth-order valence-corrected chi connectivity index (χ4v) is 3.91. The molecule has 1 fully saturated rings. The number of hydrogen-bond donors (Lipinski definition) is 0. The van der Waals surface area contributed by atoms with Crippen molar-refractivity contribution in [2.45, 2.75) is 51.2 Å². The summed E-state index contributed by atoms with van der Waals surface area (Å²) in [6.07, 6.45) is 4.32. The molecule has 3 rings (SSSR count). The summed E-state index contributed by atoms with van der Waals surface area (Å²) >= 11 is 0. The molecule has 2 aromatic carbocycles. The zero-order chi connectivity index (χ0) is 21.2. The molecule has 1 saturated heterocycles. The number of rotatable bonds is 10. The number of carbonyl (C=O) groups is 1. The van der Waals surface area contributed by atoms with Crippen LogP contribution in [0.15, 0.2) is 54.6 Å². The Morgan fingerprint density at radius 2 is 1.70 bits per heavy atom. The third-order valence-corrected chi connectivity index (χ3v) is 5.55. The number of likely N-dealkylation sites (tertiary alicyclic amines) is 1. The first kappa shape index (κ1) is 22.4. The Balaban J connectivity index is 1.49. The third-order valence-electron chi connectivity index (χ3n) is 5.55. The van der Waals surface area contributed by atoms with Gasteiger partial charge in [-0.15, -0.1) is 0 Å². The van der Waals surface area contributed by atoms with E-state index in [9.17, 15) is 9.18 Å². The maximum absolute atomic E-state index is 13.4. The van der Waals surface area contributed by atoms with Gasteiger partial charge in [-0.1, -0.05) is 42.5 Å². The molecule has 1 atom stereocenters. The van der Waals surface area contributed by atoms with Crippen LogP contribution in [0, 0.1) is 5.82 Å². The van der Waals surface area contributed by atoms with Crippen LogP contribution in [0.5, 0.6) is 0 Å². The van der Waals surface area contributed by atoms with Crippen molar-refractivity contribution in [3.8, 4) is 0 Å². The Morgan fingerprint density at radius 1 is 1.03 bits per heavy atom. The van der Waals surface area contributed by atoms with Crippen molar-refractivity contribution in [3.05, 3.63) is 71.5 Å². The van der Waals surface area contributed by atoms with Gasteiger partial charge in [0.15, 0.2) is 0 Å². The molecular weight excluding hydrogens is 381 g/mol. The molecule has 2 aromatic rings. The predicted molar refractivity (Wildman–Crippen MR) is 116 cm³/mol. The van der Waals surface area contributed by atoms with Crippen LogP contribution < -0.4 is 0 Å². The number of halogens is 1. The molecule has 0 saturated carbocycles. The first-order valence-electron chi connectivity index (χ1n) is 11.0. The minimum atomic E-state index is -0.234. The minimum Gasteiger partial charge on any atom is -0.466 e. The Labute approximate surface area is 179 Å². The Morgan fingerprint density at radius 3 is 2.37 bits per heavy atom. The Bertz CT molecular complexity index is 758. The summed E-state index contributed by atoms with van der Waals surface area (Å²) in [5.74, 6) is -0.334. The van der Waals surface area contributed by atoms with E-state index in [1.807, 2.05) is 37.3 Å². The number of benzene rings is 2. The quantitative estimate of drug-likeness (QED) is 0.400. The van der Waals surface area contributed by atoms with Crippen LogP contribution in [-0.4, -0.2) is 43.2 Å². The van der Waals surface area contributed by atoms with Crippen molar-refractivity contribution >= 4 is 5.97 Å². The summed E-state index contributed by atoms with van der Waals surface area (Å²) in [6.45, 7) is 5.28. The second-order valence-corrected chi connectivity index (χ2v) is 7.78. The number of unbranched alkanes of at least 4 members (excludes halogenated alkanes) is 1. The van der Waals surface area contributed by atoms with Gasteiger partial charge >= 0.3 is 5.97 Å². The predicted octanol–water partition coefficient (Wildman–Crippen LogP) is 5.13. The molecule has 4 nitrogen and oxygen atoms in total. The number of hydrogen-bond acceptors (Lipinski definition) is 4. The summed E-state index contributed by atoms with van der Waals surface area (Å²) in [4.78, 5) is 13.9. The lowest BCUT2D eigenvalue weighted by Crippen LogP contribution is -2.38. The molecule has 0 aromatic heterocycles. The summed E-state index contributed by atoms with van der Waals surface area (Å²) in [5.41, 5.74) is 2.06. The van der Waals surface area contributed by atoms with Gasteiger partial charge in [-0.3, -0.25) is 4.79 Å². The first-order chi connectivity index (χ1) is 14.7. The van der Waals surface area contributed by atoms with Crippen LogP contribution >= 0.6 is 0 Å². The molecular formula is C25H32FNO3. The molecule has 5 heteroatoms. The average molecular weight is 414 g/mol. The molecule has 0 radical (unpaired) electrons. The zero-order valence-electron chi connectivity index (χ0n) is 17.8. The number of carbonyl (C=O) groups excluding carboxylic acids is 1. The van der Waals surface area contributed by atoms with E-state index < -0.39 is 0 Å². The lowest BCUT2D eigenvalue weighted by Gasteiger charge is -2.34. The van der Waals surface area contributed by atoms with E-state index >= 15 is 0 Å². The van der Waals surface area contributed by atoms with E-state index in [1.54, 1.807) is 0 Å². The molecule has 1 aliphatic heterocycles. The van der Waals surface area contributed by atoms with Gasteiger partial charge in [0, 0.05) is 19.5 Å². The highest BCUT2D eigenvalue weighted by Crippen LogP contribution is 2.30. The topological polar surface area (TPSA) is 38.8 Å². The molecule has 0 spiro atoms. The molecule has 0 aliphatic carbocycles. The SMILES string of the molecule is CCOC(=O)CCCCN1CCC(OC(c2ccccc2)c2ccc(F)cc2)CC1. The van der Waals surface area contributed by atoms with E-state index in [4.69, 9.17) is 9.47 Å². The highest BCUT2D eigenvalue weighted by Gasteiger charge is 2.24. The van der Waals surface area contributed by atoms with Gasteiger partial charge in [-0.25, -0.2) is 4.39 Å². The second kappa shape index (κ2) is 11.8. The average Bonchev–Trinajstić information content (AvgIpc) is 2.77. The van der Waals surface area contributed by atoms with E-state index in [1.165, 1.54) is 12.1 Å². The van der Waals surface area contributed by atoms with E-state index in [0.717, 1.165) is 56.4 Å². The number of piperidine rings is 1. The number of ether oxygens (including phenoxy) is 2. The van der Waals surface area contributed by atoms with Crippen molar-refractivity contribution in [1.82, 2.24) is 4.90 Å². The normalized spacial score (nSPS) is 16.3. The Kier molecular flexibility index (Phi) is 8.84.